The Morgan fingerprint density at radius 1 is 1.33 bits per heavy atom. The molecule has 0 saturated carbocycles. The zero-order valence-electron chi connectivity index (χ0n) is 7.49. The lowest BCUT2D eigenvalue weighted by molar-refractivity contribution is -0.661. The summed E-state index contributed by atoms with van der Waals surface area (Å²) in [6.07, 6.45) is 0.711. The Hall–Kier alpha value is -0.130. The number of hydrogen-bond donors (Lipinski definition) is 1. The molecule has 0 aromatic carbocycles. The van der Waals surface area contributed by atoms with Gasteiger partial charge in [0, 0.05) is 0 Å². The van der Waals surface area contributed by atoms with Crippen LogP contribution in [0.4, 0.5) is 0 Å². The van der Waals surface area contributed by atoms with Crippen molar-refractivity contribution in [2.45, 2.75) is 13.3 Å². The minimum absolute atomic E-state index is 0.299. The second-order valence-corrected chi connectivity index (χ2v) is 5.17. The maximum absolute atomic E-state index is 11.5. The minimum atomic E-state index is -2.92. The molecule has 0 aromatic rings. The number of piperazine rings is 1. The van der Waals surface area contributed by atoms with E-state index in [1.54, 1.807) is 4.31 Å². The second-order valence-electron chi connectivity index (χ2n) is 3.08. The Morgan fingerprint density at radius 3 is 2.42 bits per heavy atom. The quantitative estimate of drug-likeness (QED) is 0.600. The van der Waals surface area contributed by atoms with E-state index < -0.39 is 10.0 Å². The highest BCUT2D eigenvalue weighted by molar-refractivity contribution is 7.89. The third-order valence-electron chi connectivity index (χ3n) is 2.02. The monoisotopic (exact) mass is 193 g/mol. The zero-order chi connectivity index (χ0) is 9.03. The normalized spacial score (nSPS) is 21.1. The SMILES string of the molecule is CCCS(=O)(=O)N1CC[NH2+]CC1. The molecule has 0 bridgehead atoms. The van der Waals surface area contributed by atoms with Gasteiger partial charge >= 0.3 is 0 Å². The van der Waals surface area contributed by atoms with E-state index in [0.29, 0.717) is 25.3 Å². The summed E-state index contributed by atoms with van der Waals surface area (Å²) in [5.41, 5.74) is 0. The van der Waals surface area contributed by atoms with Crippen LogP contribution in [0.2, 0.25) is 0 Å². The topological polar surface area (TPSA) is 54.0 Å². The fourth-order valence-corrected chi connectivity index (χ4v) is 2.93. The third kappa shape index (κ3) is 2.43. The summed E-state index contributed by atoms with van der Waals surface area (Å²) >= 11 is 0. The number of quaternary nitrogens is 1. The predicted octanol–water partition coefficient (Wildman–Crippen LogP) is -1.39. The molecule has 0 atom stereocenters. The predicted molar refractivity (Wildman–Crippen MR) is 47.3 cm³/mol. The Kier molecular flexibility index (Phi) is 3.49. The van der Waals surface area contributed by atoms with Crippen molar-refractivity contribution < 1.29 is 13.7 Å². The van der Waals surface area contributed by atoms with Crippen LogP contribution < -0.4 is 5.32 Å². The maximum Gasteiger partial charge on any atom is 0.214 e. The molecule has 0 amide bonds. The molecule has 2 N–H and O–H groups in total. The molecule has 1 saturated heterocycles. The molecular weight excluding hydrogens is 176 g/mol. The van der Waals surface area contributed by atoms with Crippen LogP contribution >= 0.6 is 0 Å². The van der Waals surface area contributed by atoms with Gasteiger partial charge in [0.25, 0.3) is 0 Å². The number of hydrogen-bond acceptors (Lipinski definition) is 2. The van der Waals surface area contributed by atoms with E-state index in [-0.39, 0.29) is 0 Å². The van der Waals surface area contributed by atoms with Crippen molar-refractivity contribution in [1.82, 2.24) is 4.31 Å². The number of nitrogens with zero attached hydrogens (tertiary/aromatic N) is 1. The van der Waals surface area contributed by atoms with Crippen LogP contribution in [0, 0.1) is 0 Å². The Bertz CT molecular complexity index is 220. The summed E-state index contributed by atoms with van der Waals surface area (Å²) in [5, 5.41) is 2.15. The second kappa shape index (κ2) is 4.20. The summed E-state index contributed by atoms with van der Waals surface area (Å²) in [5.74, 6) is 0.299. The standard InChI is InChI=1S/C7H16N2O2S/c1-2-7-12(10,11)9-5-3-8-4-6-9/h8H,2-7H2,1H3/p+1. The van der Waals surface area contributed by atoms with Crippen molar-refractivity contribution >= 4 is 10.0 Å². The van der Waals surface area contributed by atoms with E-state index in [1.165, 1.54) is 0 Å². The molecule has 1 aliphatic heterocycles. The first-order chi connectivity index (χ1) is 5.67. The average molecular weight is 193 g/mol. The molecule has 0 unspecified atom stereocenters. The van der Waals surface area contributed by atoms with E-state index >= 15 is 0 Å². The van der Waals surface area contributed by atoms with E-state index in [1.807, 2.05) is 6.92 Å². The first-order valence-corrected chi connectivity index (χ1v) is 6.07. The number of nitrogens with two attached hydrogens (primary N) is 1. The molecule has 1 rings (SSSR count). The molecule has 1 aliphatic rings. The van der Waals surface area contributed by atoms with Gasteiger partial charge in [0.05, 0.1) is 31.9 Å². The molecule has 0 spiro atoms. The van der Waals surface area contributed by atoms with Crippen molar-refractivity contribution in [3.8, 4) is 0 Å². The van der Waals surface area contributed by atoms with Crippen molar-refractivity contribution in [3.05, 3.63) is 0 Å². The molecule has 0 aromatic heterocycles. The van der Waals surface area contributed by atoms with Crippen molar-refractivity contribution in [3.63, 3.8) is 0 Å². The molecule has 1 fully saturated rings. The molecule has 72 valence electrons. The number of sulfonamides is 1. The number of rotatable bonds is 3. The summed E-state index contributed by atoms with van der Waals surface area (Å²) in [6.45, 7) is 5.07. The lowest BCUT2D eigenvalue weighted by Gasteiger charge is -2.24. The molecule has 12 heavy (non-hydrogen) atoms. The van der Waals surface area contributed by atoms with E-state index in [2.05, 4.69) is 5.32 Å². The summed E-state index contributed by atoms with van der Waals surface area (Å²) in [7, 11) is -2.92. The van der Waals surface area contributed by atoms with Gasteiger partial charge in [0.1, 0.15) is 0 Å². The lowest BCUT2D eigenvalue weighted by Crippen LogP contribution is -2.89. The summed E-state index contributed by atoms with van der Waals surface area (Å²) < 4.78 is 24.6. The highest BCUT2D eigenvalue weighted by Gasteiger charge is 2.23. The van der Waals surface area contributed by atoms with Gasteiger partial charge in [-0.25, -0.2) is 8.42 Å². The van der Waals surface area contributed by atoms with Gasteiger partial charge in [-0.15, -0.1) is 0 Å². The minimum Gasteiger partial charge on any atom is -0.344 e. The van der Waals surface area contributed by atoms with Crippen molar-refractivity contribution in [2.75, 3.05) is 31.9 Å². The summed E-state index contributed by atoms with van der Waals surface area (Å²) in [4.78, 5) is 0. The van der Waals surface area contributed by atoms with Gasteiger partial charge in [-0.05, 0) is 6.42 Å². The van der Waals surface area contributed by atoms with Gasteiger partial charge in [-0.3, -0.25) is 0 Å². The largest absolute Gasteiger partial charge is 0.344 e. The van der Waals surface area contributed by atoms with Gasteiger partial charge in [-0.2, -0.15) is 4.31 Å². The molecule has 1 heterocycles. The van der Waals surface area contributed by atoms with Crippen LogP contribution in [-0.2, 0) is 10.0 Å². The Balaban J connectivity index is 2.54. The molecule has 0 radical (unpaired) electrons. The molecular formula is C7H17N2O2S+. The Morgan fingerprint density at radius 2 is 1.92 bits per heavy atom. The van der Waals surface area contributed by atoms with E-state index in [0.717, 1.165) is 13.1 Å². The first-order valence-electron chi connectivity index (χ1n) is 4.46. The van der Waals surface area contributed by atoms with Crippen molar-refractivity contribution in [1.29, 1.82) is 0 Å². The maximum atomic E-state index is 11.5. The molecule has 4 nitrogen and oxygen atoms in total. The van der Waals surface area contributed by atoms with Gasteiger partial charge in [0.15, 0.2) is 0 Å². The van der Waals surface area contributed by atoms with Gasteiger partial charge in [-0.1, -0.05) is 6.92 Å². The lowest BCUT2D eigenvalue weighted by atomic mass is 10.4. The van der Waals surface area contributed by atoms with Gasteiger partial charge in [0.2, 0.25) is 10.0 Å². The van der Waals surface area contributed by atoms with E-state index in [4.69, 9.17) is 0 Å². The van der Waals surface area contributed by atoms with Crippen LogP contribution in [0.3, 0.4) is 0 Å². The van der Waals surface area contributed by atoms with Crippen LogP contribution in [0.25, 0.3) is 0 Å². The smallest absolute Gasteiger partial charge is 0.214 e. The van der Waals surface area contributed by atoms with Crippen molar-refractivity contribution in [2.24, 2.45) is 0 Å². The third-order valence-corrected chi connectivity index (χ3v) is 4.10. The van der Waals surface area contributed by atoms with Gasteiger partial charge < -0.3 is 5.32 Å². The first kappa shape index (κ1) is 9.95. The zero-order valence-corrected chi connectivity index (χ0v) is 8.31. The molecule has 5 heteroatoms. The van der Waals surface area contributed by atoms with Crippen LogP contribution in [0.1, 0.15) is 13.3 Å². The molecule has 0 aliphatic carbocycles. The highest BCUT2D eigenvalue weighted by atomic mass is 32.2. The van der Waals surface area contributed by atoms with E-state index in [9.17, 15) is 8.42 Å². The average Bonchev–Trinajstić information content (AvgIpc) is 2.06. The van der Waals surface area contributed by atoms with Crippen LogP contribution in [0.5, 0.6) is 0 Å². The Labute approximate surface area is 74.0 Å². The fourth-order valence-electron chi connectivity index (χ4n) is 1.39. The highest BCUT2D eigenvalue weighted by Crippen LogP contribution is 2.02. The summed E-state index contributed by atoms with van der Waals surface area (Å²) in [6, 6.07) is 0. The van der Waals surface area contributed by atoms with Crippen LogP contribution in [-0.4, -0.2) is 44.7 Å². The fraction of sp³-hybridized carbons (Fsp3) is 1.00. The van der Waals surface area contributed by atoms with Crippen LogP contribution in [0.15, 0.2) is 0 Å².